The largest absolute Gasteiger partial charge is 0.394 e. The molecule has 1 aromatic rings. The van der Waals surface area contributed by atoms with E-state index in [-0.39, 0.29) is 6.61 Å². The molecule has 0 saturated carbocycles. The fourth-order valence-corrected chi connectivity index (χ4v) is 1.30. The first-order valence-corrected chi connectivity index (χ1v) is 4.80. The predicted octanol–water partition coefficient (Wildman–Crippen LogP) is 1.21. The molecule has 0 heterocycles. The SMILES string of the molecule is OC[C@@H](O)CNc1cccc(Br)c1. The number of hydrogen-bond donors (Lipinski definition) is 3. The van der Waals surface area contributed by atoms with Gasteiger partial charge in [0.25, 0.3) is 0 Å². The normalized spacial score (nSPS) is 12.5. The summed E-state index contributed by atoms with van der Waals surface area (Å²) in [6.45, 7) is 0.133. The highest BCUT2D eigenvalue weighted by atomic mass is 79.9. The van der Waals surface area contributed by atoms with Crippen molar-refractivity contribution in [3.8, 4) is 0 Å². The van der Waals surface area contributed by atoms with E-state index < -0.39 is 6.10 Å². The molecule has 0 aliphatic carbocycles. The van der Waals surface area contributed by atoms with Gasteiger partial charge in [-0.2, -0.15) is 0 Å². The third kappa shape index (κ3) is 3.76. The van der Waals surface area contributed by atoms with Gasteiger partial charge >= 0.3 is 0 Å². The quantitative estimate of drug-likeness (QED) is 0.748. The third-order valence-electron chi connectivity index (χ3n) is 1.58. The van der Waals surface area contributed by atoms with Crippen LogP contribution in [0.15, 0.2) is 28.7 Å². The van der Waals surface area contributed by atoms with Crippen LogP contribution in [0.2, 0.25) is 0 Å². The van der Waals surface area contributed by atoms with Crippen LogP contribution in [0.25, 0.3) is 0 Å². The molecule has 3 nitrogen and oxygen atoms in total. The first-order chi connectivity index (χ1) is 6.22. The van der Waals surface area contributed by atoms with Gasteiger partial charge in [-0.15, -0.1) is 0 Å². The minimum absolute atomic E-state index is 0.221. The highest BCUT2D eigenvalue weighted by Crippen LogP contribution is 2.15. The Balaban J connectivity index is 2.45. The van der Waals surface area contributed by atoms with E-state index in [1.54, 1.807) is 0 Å². The van der Waals surface area contributed by atoms with Crippen molar-refractivity contribution in [2.24, 2.45) is 0 Å². The van der Waals surface area contributed by atoms with Crippen molar-refractivity contribution in [3.63, 3.8) is 0 Å². The van der Waals surface area contributed by atoms with Crippen LogP contribution in [0.3, 0.4) is 0 Å². The predicted molar refractivity (Wildman–Crippen MR) is 55.7 cm³/mol. The second kappa shape index (κ2) is 5.21. The Labute approximate surface area is 85.5 Å². The maximum Gasteiger partial charge on any atom is 0.0942 e. The Hall–Kier alpha value is -0.580. The van der Waals surface area contributed by atoms with Gasteiger partial charge < -0.3 is 15.5 Å². The summed E-state index contributed by atoms with van der Waals surface area (Å²) < 4.78 is 0.982. The number of aliphatic hydroxyl groups is 2. The monoisotopic (exact) mass is 245 g/mol. The van der Waals surface area contributed by atoms with Crippen LogP contribution in [0.1, 0.15) is 0 Å². The standard InChI is InChI=1S/C9H12BrNO2/c10-7-2-1-3-8(4-7)11-5-9(13)6-12/h1-4,9,11-13H,5-6H2/t9-/m0/s1. The van der Waals surface area contributed by atoms with Crippen LogP contribution in [0, 0.1) is 0 Å². The Morgan fingerprint density at radius 2 is 2.23 bits per heavy atom. The molecule has 0 saturated heterocycles. The Morgan fingerprint density at radius 3 is 2.85 bits per heavy atom. The molecule has 0 radical (unpaired) electrons. The molecule has 1 rings (SSSR count). The van der Waals surface area contributed by atoms with Gasteiger partial charge in [0.2, 0.25) is 0 Å². The van der Waals surface area contributed by atoms with Gasteiger partial charge in [0.05, 0.1) is 12.7 Å². The summed E-state index contributed by atoms with van der Waals surface area (Å²) in [5.74, 6) is 0. The molecule has 0 aromatic heterocycles. The van der Waals surface area contributed by atoms with Gasteiger partial charge in [0, 0.05) is 16.7 Å². The minimum Gasteiger partial charge on any atom is -0.394 e. The highest BCUT2D eigenvalue weighted by molar-refractivity contribution is 9.10. The molecule has 1 atom stereocenters. The molecule has 1 aromatic carbocycles. The van der Waals surface area contributed by atoms with Gasteiger partial charge in [-0.1, -0.05) is 22.0 Å². The van der Waals surface area contributed by atoms with E-state index in [9.17, 15) is 0 Å². The fourth-order valence-electron chi connectivity index (χ4n) is 0.899. The summed E-state index contributed by atoms with van der Waals surface area (Å²) in [6.07, 6.45) is -0.709. The number of halogens is 1. The second-order valence-electron chi connectivity index (χ2n) is 2.73. The maximum atomic E-state index is 9.06. The third-order valence-corrected chi connectivity index (χ3v) is 2.07. The van der Waals surface area contributed by atoms with E-state index in [0.717, 1.165) is 10.2 Å². The van der Waals surface area contributed by atoms with E-state index in [1.165, 1.54) is 0 Å². The second-order valence-corrected chi connectivity index (χ2v) is 3.64. The van der Waals surface area contributed by atoms with Gasteiger partial charge in [-0.05, 0) is 18.2 Å². The lowest BCUT2D eigenvalue weighted by Gasteiger charge is -2.09. The summed E-state index contributed by atoms with van der Waals surface area (Å²) in [4.78, 5) is 0. The van der Waals surface area contributed by atoms with E-state index in [1.807, 2.05) is 24.3 Å². The first kappa shape index (κ1) is 10.5. The van der Waals surface area contributed by atoms with Crippen LogP contribution < -0.4 is 5.32 Å². The summed E-state index contributed by atoms with van der Waals surface area (Å²) in [6, 6.07) is 7.63. The lowest BCUT2D eigenvalue weighted by Crippen LogP contribution is -2.22. The lowest BCUT2D eigenvalue weighted by molar-refractivity contribution is 0.105. The van der Waals surface area contributed by atoms with Crippen LogP contribution in [-0.4, -0.2) is 29.5 Å². The van der Waals surface area contributed by atoms with Crippen molar-refractivity contribution >= 4 is 21.6 Å². The van der Waals surface area contributed by atoms with Crippen molar-refractivity contribution in [3.05, 3.63) is 28.7 Å². The van der Waals surface area contributed by atoms with Gasteiger partial charge in [0.1, 0.15) is 0 Å². The van der Waals surface area contributed by atoms with Crippen molar-refractivity contribution in [1.29, 1.82) is 0 Å². The molecule has 0 amide bonds. The molecule has 0 bridgehead atoms. The van der Waals surface area contributed by atoms with E-state index in [0.29, 0.717) is 6.54 Å². The Bertz CT molecular complexity index is 268. The van der Waals surface area contributed by atoms with Gasteiger partial charge in [-0.3, -0.25) is 0 Å². The Morgan fingerprint density at radius 1 is 1.46 bits per heavy atom. The number of aliphatic hydroxyl groups excluding tert-OH is 2. The van der Waals surface area contributed by atoms with Crippen LogP contribution in [-0.2, 0) is 0 Å². The van der Waals surface area contributed by atoms with Crippen molar-refractivity contribution in [2.45, 2.75) is 6.10 Å². The van der Waals surface area contributed by atoms with Crippen molar-refractivity contribution in [2.75, 3.05) is 18.5 Å². The molecule has 13 heavy (non-hydrogen) atoms. The summed E-state index contributed by atoms with van der Waals surface area (Å²) >= 11 is 3.33. The molecule has 0 aliphatic heterocycles. The molecule has 0 fully saturated rings. The van der Waals surface area contributed by atoms with Gasteiger partial charge in [0.15, 0.2) is 0 Å². The van der Waals surface area contributed by atoms with Crippen LogP contribution >= 0.6 is 15.9 Å². The topological polar surface area (TPSA) is 52.5 Å². The lowest BCUT2D eigenvalue weighted by atomic mass is 10.3. The average Bonchev–Trinajstić information content (AvgIpc) is 2.14. The minimum atomic E-state index is -0.709. The van der Waals surface area contributed by atoms with E-state index >= 15 is 0 Å². The maximum absolute atomic E-state index is 9.06. The van der Waals surface area contributed by atoms with Gasteiger partial charge in [-0.25, -0.2) is 0 Å². The number of rotatable bonds is 4. The summed E-state index contributed by atoms with van der Waals surface area (Å²) in [5, 5.41) is 20.6. The average molecular weight is 246 g/mol. The molecule has 0 spiro atoms. The zero-order chi connectivity index (χ0) is 9.68. The Kier molecular flexibility index (Phi) is 4.21. The molecule has 0 unspecified atom stereocenters. The molecule has 0 aliphatic rings. The number of benzene rings is 1. The molecular formula is C9H12BrNO2. The molecule has 3 N–H and O–H groups in total. The molecular weight excluding hydrogens is 234 g/mol. The fraction of sp³-hybridized carbons (Fsp3) is 0.333. The van der Waals surface area contributed by atoms with Crippen molar-refractivity contribution < 1.29 is 10.2 Å². The molecule has 4 heteroatoms. The number of hydrogen-bond acceptors (Lipinski definition) is 3. The highest BCUT2D eigenvalue weighted by Gasteiger charge is 2.00. The number of anilines is 1. The summed E-state index contributed by atoms with van der Waals surface area (Å²) in [7, 11) is 0. The summed E-state index contributed by atoms with van der Waals surface area (Å²) in [5.41, 5.74) is 0.918. The smallest absolute Gasteiger partial charge is 0.0942 e. The first-order valence-electron chi connectivity index (χ1n) is 4.00. The van der Waals surface area contributed by atoms with E-state index in [4.69, 9.17) is 10.2 Å². The van der Waals surface area contributed by atoms with Crippen LogP contribution in [0.4, 0.5) is 5.69 Å². The van der Waals surface area contributed by atoms with Crippen LogP contribution in [0.5, 0.6) is 0 Å². The zero-order valence-electron chi connectivity index (χ0n) is 7.07. The van der Waals surface area contributed by atoms with E-state index in [2.05, 4.69) is 21.2 Å². The van der Waals surface area contributed by atoms with Crippen molar-refractivity contribution in [1.82, 2.24) is 0 Å². The zero-order valence-corrected chi connectivity index (χ0v) is 8.66. The molecule has 72 valence electrons. The number of nitrogens with one attached hydrogen (secondary N) is 1.